The van der Waals surface area contributed by atoms with Crippen molar-refractivity contribution < 1.29 is 9.41 Å². The van der Waals surface area contributed by atoms with Crippen molar-refractivity contribution >= 4 is 7.69 Å². The van der Waals surface area contributed by atoms with Crippen LogP contribution in [0.15, 0.2) is 0 Å². The lowest BCUT2D eigenvalue weighted by molar-refractivity contribution is 0.222. The molecule has 0 saturated heterocycles. The first-order chi connectivity index (χ1) is 4.41. The Morgan fingerprint density at radius 3 is 2.78 bits per heavy atom. The van der Waals surface area contributed by atoms with E-state index in [-0.39, 0.29) is 0 Å². The zero-order chi connectivity index (χ0) is 6.95. The second-order valence-corrected chi connectivity index (χ2v) is 1.81. The van der Waals surface area contributed by atoms with E-state index >= 15 is 0 Å². The summed E-state index contributed by atoms with van der Waals surface area (Å²) >= 11 is 0. The quantitative estimate of drug-likeness (QED) is 0.325. The first-order valence-electron chi connectivity index (χ1n) is 3.20. The molecule has 1 radical (unpaired) electrons. The molecular weight excluding hydrogens is 117 g/mol. The van der Waals surface area contributed by atoms with Crippen LogP contribution in [0.3, 0.4) is 0 Å². The van der Waals surface area contributed by atoms with Crippen LogP contribution in [-0.2, 0) is 9.41 Å². The first-order valence-corrected chi connectivity index (χ1v) is 3.20. The Kier molecular flexibility index (Phi) is 7.90. The van der Waals surface area contributed by atoms with Gasteiger partial charge in [-0.15, -0.1) is 0 Å². The molecule has 9 heavy (non-hydrogen) atoms. The minimum atomic E-state index is 0.699. The van der Waals surface area contributed by atoms with Gasteiger partial charge in [0.25, 0.3) is 0 Å². The molecule has 0 aromatic carbocycles. The van der Waals surface area contributed by atoms with Gasteiger partial charge in [0.05, 0.1) is 0 Å². The van der Waals surface area contributed by atoms with Crippen molar-refractivity contribution in [3.8, 4) is 0 Å². The summed E-state index contributed by atoms with van der Waals surface area (Å²) in [4.78, 5) is 0. The standard InChI is InChI=1S/C5H13BNO2/c1-2-3-4-5-8-6-9-7/h2-5,7H2,1H3. The number of hydrogen-bond donors (Lipinski definition) is 1. The summed E-state index contributed by atoms with van der Waals surface area (Å²) in [6.45, 7) is 2.84. The normalized spacial score (nSPS) is 9.56. The highest BCUT2D eigenvalue weighted by Crippen LogP contribution is 1.92. The van der Waals surface area contributed by atoms with E-state index in [2.05, 4.69) is 17.6 Å². The maximum absolute atomic E-state index is 4.81. The van der Waals surface area contributed by atoms with Crippen LogP contribution in [0, 0.1) is 0 Å². The molecule has 0 saturated carbocycles. The van der Waals surface area contributed by atoms with Gasteiger partial charge in [-0.3, -0.25) is 0 Å². The topological polar surface area (TPSA) is 44.5 Å². The van der Waals surface area contributed by atoms with Gasteiger partial charge >= 0.3 is 7.69 Å². The van der Waals surface area contributed by atoms with Gasteiger partial charge < -0.3 is 9.41 Å². The lowest BCUT2D eigenvalue weighted by Gasteiger charge is -1.97. The zero-order valence-corrected chi connectivity index (χ0v) is 5.80. The maximum Gasteiger partial charge on any atom is 0.506 e. The fraction of sp³-hybridized carbons (Fsp3) is 1.00. The molecule has 0 aliphatic heterocycles. The lowest BCUT2D eigenvalue weighted by atomic mass is 10.2. The zero-order valence-electron chi connectivity index (χ0n) is 5.80. The third-order valence-electron chi connectivity index (χ3n) is 0.989. The van der Waals surface area contributed by atoms with Crippen LogP contribution in [0.2, 0.25) is 0 Å². The minimum Gasteiger partial charge on any atom is -0.412 e. The second-order valence-electron chi connectivity index (χ2n) is 1.81. The van der Waals surface area contributed by atoms with Gasteiger partial charge in [-0.25, -0.2) is 5.90 Å². The molecule has 0 heterocycles. The Labute approximate surface area is 56.8 Å². The highest BCUT2D eigenvalue weighted by atomic mass is 16.7. The van der Waals surface area contributed by atoms with Crippen molar-refractivity contribution in [3.05, 3.63) is 0 Å². The average molecular weight is 130 g/mol. The molecule has 3 nitrogen and oxygen atoms in total. The molecular formula is C5H13BNO2. The predicted molar refractivity (Wildman–Crippen MR) is 36.5 cm³/mol. The lowest BCUT2D eigenvalue weighted by Crippen LogP contribution is -2.09. The molecule has 0 aliphatic carbocycles. The Morgan fingerprint density at radius 2 is 2.22 bits per heavy atom. The molecule has 0 bridgehead atoms. The minimum absolute atomic E-state index is 0.699. The van der Waals surface area contributed by atoms with Crippen LogP contribution in [0.5, 0.6) is 0 Å². The number of unbranched alkanes of at least 4 members (excludes halogenated alkanes) is 2. The summed E-state index contributed by atoms with van der Waals surface area (Å²) in [5.74, 6) is 4.66. The Morgan fingerprint density at radius 1 is 1.44 bits per heavy atom. The van der Waals surface area contributed by atoms with Gasteiger partial charge in [0.1, 0.15) is 0 Å². The third kappa shape index (κ3) is 7.94. The monoisotopic (exact) mass is 130 g/mol. The van der Waals surface area contributed by atoms with Crippen LogP contribution in [0.1, 0.15) is 26.2 Å². The predicted octanol–water partition coefficient (Wildman–Crippen LogP) is 0.618. The molecule has 2 N–H and O–H groups in total. The largest absolute Gasteiger partial charge is 0.506 e. The summed E-state index contributed by atoms with van der Waals surface area (Å²) in [6, 6.07) is 0. The first kappa shape index (κ1) is 8.94. The molecule has 0 aliphatic rings. The Hall–Kier alpha value is -0.0551. The summed E-state index contributed by atoms with van der Waals surface area (Å²) in [7, 11) is 1.15. The van der Waals surface area contributed by atoms with Crippen LogP contribution < -0.4 is 5.90 Å². The number of rotatable bonds is 6. The van der Waals surface area contributed by atoms with Crippen molar-refractivity contribution in [3.63, 3.8) is 0 Å². The van der Waals surface area contributed by atoms with E-state index in [1.54, 1.807) is 0 Å². The molecule has 0 amide bonds. The van der Waals surface area contributed by atoms with Gasteiger partial charge in [-0.2, -0.15) is 0 Å². The molecule has 0 spiro atoms. The molecule has 4 heteroatoms. The van der Waals surface area contributed by atoms with Gasteiger partial charge in [0.2, 0.25) is 0 Å². The van der Waals surface area contributed by atoms with Gasteiger partial charge in [0, 0.05) is 6.61 Å². The average Bonchev–Trinajstić information content (AvgIpc) is 1.89. The van der Waals surface area contributed by atoms with E-state index in [1.807, 2.05) is 0 Å². The van der Waals surface area contributed by atoms with Gasteiger partial charge in [-0.1, -0.05) is 19.8 Å². The highest BCUT2D eigenvalue weighted by molar-refractivity contribution is 6.17. The van der Waals surface area contributed by atoms with Gasteiger partial charge in [-0.05, 0) is 6.42 Å². The van der Waals surface area contributed by atoms with E-state index in [9.17, 15) is 0 Å². The maximum atomic E-state index is 4.81. The van der Waals surface area contributed by atoms with Gasteiger partial charge in [0.15, 0.2) is 0 Å². The molecule has 0 aromatic heterocycles. The molecule has 0 rings (SSSR count). The van der Waals surface area contributed by atoms with E-state index < -0.39 is 0 Å². The number of hydrogen-bond acceptors (Lipinski definition) is 3. The van der Waals surface area contributed by atoms with Crippen molar-refractivity contribution in [2.45, 2.75) is 26.2 Å². The second kappa shape index (κ2) is 7.94. The van der Waals surface area contributed by atoms with Crippen molar-refractivity contribution in [2.24, 2.45) is 5.90 Å². The molecule has 0 aromatic rings. The Bertz CT molecular complexity index is 48.2. The van der Waals surface area contributed by atoms with Crippen molar-refractivity contribution in [1.29, 1.82) is 0 Å². The van der Waals surface area contributed by atoms with E-state index in [0.29, 0.717) is 6.61 Å². The fourth-order valence-electron chi connectivity index (χ4n) is 0.523. The molecule has 0 fully saturated rings. The highest BCUT2D eigenvalue weighted by Gasteiger charge is 1.89. The van der Waals surface area contributed by atoms with Crippen LogP contribution in [0.4, 0.5) is 0 Å². The summed E-state index contributed by atoms with van der Waals surface area (Å²) < 4.78 is 8.89. The van der Waals surface area contributed by atoms with Crippen LogP contribution in [-0.4, -0.2) is 14.3 Å². The molecule has 0 unspecified atom stereocenters. The summed E-state index contributed by atoms with van der Waals surface area (Å²) in [6.07, 6.45) is 3.46. The van der Waals surface area contributed by atoms with Crippen LogP contribution >= 0.6 is 0 Å². The number of nitrogens with two attached hydrogens (primary N) is 1. The fourth-order valence-corrected chi connectivity index (χ4v) is 0.523. The van der Waals surface area contributed by atoms with E-state index in [0.717, 1.165) is 14.1 Å². The van der Waals surface area contributed by atoms with Crippen molar-refractivity contribution in [1.82, 2.24) is 0 Å². The molecule has 53 valence electrons. The Balaban J connectivity index is 2.60. The summed E-state index contributed by atoms with van der Waals surface area (Å²) in [5.41, 5.74) is 0. The molecule has 0 atom stereocenters. The summed E-state index contributed by atoms with van der Waals surface area (Å²) in [5, 5.41) is 0. The van der Waals surface area contributed by atoms with Crippen LogP contribution in [0.25, 0.3) is 0 Å². The third-order valence-corrected chi connectivity index (χ3v) is 0.989. The SMILES string of the molecule is CCCCCO[B]ON. The van der Waals surface area contributed by atoms with Crippen molar-refractivity contribution in [2.75, 3.05) is 6.61 Å². The van der Waals surface area contributed by atoms with E-state index in [4.69, 9.17) is 4.65 Å². The van der Waals surface area contributed by atoms with E-state index in [1.165, 1.54) is 12.8 Å². The smallest absolute Gasteiger partial charge is 0.412 e.